The molecule has 4 heteroatoms. The summed E-state index contributed by atoms with van der Waals surface area (Å²) in [5, 5.41) is 0. The minimum atomic E-state index is 0.0310. The van der Waals surface area contributed by atoms with Gasteiger partial charge in [0.05, 0.1) is 11.7 Å². The van der Waals surface area contributed by atoms with Crippen LogP contribution < -0.4 is 5.56 Å². The molecule has 1 N–H and O–H groups in total. The average Bonchev–Trinajstić information content (AvgIpc) is 2.75. The number of nitrogens with zero attached hydrogens (tertiary/aromatic N) is 2. The van der Waals surface area contributed by atoms with Crippen molar-refractivity contribution in [1.29, 1.82) is 0 Å². The summed E-state index contributed by atoms with van der Waals surface area (Å²) in [6.45, 7) is 1.13. The number of nitrogens with one attached hydrogen (secondary N) is 1. The minimum Gasteiger partial charge on any atom is -0.342 e. The van der Waals surface area contributed by atoms with Crippen LogP contribution >= 0.6 is 0 Å². The first-order valence-corrected chi connectivity index (χ1v) is 6.16. The van der Waals surface area contributed by atoms with E-state index in [1.54, 1.807) is 16.5 Å². The van der Waals surface area contributed by atoms with Gasteiger partial charge in [0.1, 0.15) is 5.65 Å². The molecule has 0 spiro atoms. The van der Waals surface area contributed by atoms with Crippen LogP contribution in [0.25, 0.3) is 5.65 Å². The van der Waals surface area contributed by atoms with E-state index < -0.39 is 0 Å². The summed E-state index contributed by atoms with van der Waals surface area (Å²) in [6, 6.07) is 5.74. The molecular weight excluding hydrogens is 214 g/mol. The molecule has 0 bridgehead atoms. The largest absolute Gasteiger partial charge is 0.342 e. The van der Waals surface area contributed by atoms with Gasteiger partial charge in [-0.1, -0.05) is 12.5 Å². The molecule has 3 rings (SSSR count). The molecule has 1 unspecified atom stereocenters. The van der Waals surface area contributed by atoms with Crippen LogP contribution in [0.1, 0.15) is 31.0 Å². The Bertz CT molecular complexity index is 584. The Hall–Kier alpha value is -1.55. The van der Waals surface area contributed by atoms with Crippen molar-refractivity contribution in [2.45, 2.75) is 25.3 Å². The number of aromatic amines is 1. The maximum absolute atomic E-state index is 11.7. The highest BCUT2D eigenvalue weighted by Gasteiger charge is 2.22. The van der Waals surface area contributed by atoms with E-state index in [0.29, 0.717) is 6.04 Å². The van der Waals surface area contributed by atoms with Crippen molar-refractivity contribution in [3.63, 3.8) is 0 Å². The van der Waals surface area contributed by atoms with Crippen molar-refractivity contribution in [1.82, 2.24) is 14.3 Å². The summed E-state index contributed by atoms with van der Waals surface area (Å²) < 4.78 is 1.69. The van der Waals surface area contributed by atoms with Crippen molar-refractivity contribution >= 4 is 5.65 Å². The van der Waals surface area contributed by atoms with Gasteiger partial charge < -0.3 is 4.98 Å². The highest BCUT2D eigenvalue weighted by molar-refractivity contribution is 5.40. The van der Waals surface area contributed by atoms with Gasteiger partial charge in [-0.2, -0.15) is 0 Å². The Morgan fingerprint density at radius 3 is 3.00 bits per heavy atom. The van der Waals surface area contributed by atoms with Crippen LogP contribution in [-0.2, 0) is 0 Å². The molecule has 1 aliphatic rings. The predicted molar refractivity (Wildman–Crippen MR) is 67.2 cm³/mol. The predicted octanol–water partition coefficient (Wildman–Crippen LogP) is 1.78. The number of hydrogen-bond donors (Lipinski definition) is 1. The molecule has 0 aromatic carbocycles. The van der Waals surface area contributed by atoms with E-state index in [2.05, 4.69) is 16.9 Å². The third kappa shape index (κ3) is 1.78. The maximum Gasteiger partial charge on any atom is 0.256 e. The molecule has 1 fully saturated rings. The number of aromatic nitrogens is 2. The summed E-state index contributed by atoms with van der Waals surface area (Å²) in [5.41, 5.74) is 2.06. The van der Waals surface area contributed by atoms with Crippen LogP contribution in [0.3, 0.4) is 0 Å². The van der Waals surface area contributed by atoms with E-state index in [9.17, 15) is 4.79 Å². The van der Waals surface area contributed by atoms with Gasteiger partial charge in [-0.15, -0.1) is 0 Å². The molecule has 2 aromatic rings. The van der Waals surface area contributed by atoms with Crippen LogP contribution in [0.2, 0.25) is 0 Å². The summed E-state index contributed by atoms with van der Waals surface area (Å²) in [5.74, 6) is 0. The van der Waals surface area contributed by atoms with Gasteiger partial charge >= 0.3 is 0 Å². The summed E-state index contributed by atoms with van der Waals surface area (Å²) in [4.78, 5) is 17.4. The Balaban J connectivity index is 2.05. The second-order valence-corrected chi connectivity index (χ2v) is 4.82. The molecular formula is C13H17N3O. The number of likely N-dealkylation sites (tertiary alicyclic amines) is 1. The Labute approximate surface area is 99.9 Å². The topological polar surface area (TPSA) is 40.5 Å². The number of fused-ring (bicyclic) bond motifs is 1. The number of hydrogen-bond acceptors (Lipinski definition) is 2. The van der Waals surface area contributed by atoms with Gasteiger partial charge in [-0.3, -0.25) is 14.1 Å². The zero-order chi connectivity index (χ0) is 11.8. The molecule has 4 nitrogen and oxygen atoms in total. The van der Waals surface area contributed by atoms with Crippen molar-refractivity contribution in [2.24, 2.45) is 0 Å². The SMILES string of the molecule is CN1CCCCC1c1cn2c(=O)cccc2[nH]1. The molecule has 1 aliphatic heterocycles. The first-order valence-electron chi connectivity index (χ1n) is 6.16. The molecule has 17 heavy (non-hydrogen) atoms. The van der Waals surface area contributed by atoms with Gasteiger partial charge in [0.15, 0.2) is 0 Å². The lowest BCUT2D eigenvalue weighted by atomic mass is 10.0. The smallest absolute Gasteiger partial charge is 0.256 e. The van der Waals surface area contributed by atoms with Crippen molar-refractivity contribution in [2.75, 3.05) is 13.6 Å². The van der Waals surface area contributed by atoms with Gasteiger partial charge in [0.2, 0.25) is 0 Å². The lowest BCUT2D eigenvalue weighted by Crippen LogP contribution is -2.29. The Morgan fingerprint density at radius 2 is 2.24 bits per heavy atom. The standard InChI is InChI=1S/C13H17N3O/c1-15-8-3-2-5-11(15)10-9-16-12(14-10)6-4-7-13(16)17/h4,6-7,9,11,14H,2-3,5,8H2,1H3. The lowest BCUT2D eigenvalue weighted by molar-refractivity contribution is 0.184. The van der Waals surface area contributed by atoms with E-state index in [1.165, 1.54) is 12.8 Å². The van der Waals surface area contributed by atoms with Crippen molar-refractivity contribution < 1.29 is 0 Å². The first-order chi connectivity index (χ1) is 8.25. The number of H-pyrrole nitrogens is 1. The minimum absolute atomic E-state index is 0.0310. The molecule has 2 aromatic heterocycles. The van der Waals surface area contributed by atoms with Crippen LogP contribution in [0.15, 0.2) is 29.2 Å². The molecule has 0 amide bonds. The van der Waals surface area contributed by atoms with Gasteiger partial charge in [-0.05, 0) is 32.5 Å². The summed E-state index contributed by atoms with van der Waals surface area (Å²) in [6.07, 6.45) is 5.65. The monoisotopic (exact) mass is 231 g/mol. The van der Waals surface area contributed by atoms with Crippen LogP contribution in [0.4, 0.5) is 0 Å². The number of rotatable bonds is 1. The summed E-state index contributed by atoms with van der Waals surface area (Å²) >= 11 is 0. The molecule has 0 aliphatic carbocycles. The first kappa shape index (κ1) is 10.6. The van der Waals surface area contributed by atoms with E-state index in [4.69, 9.17) is 0 Å². The Kier molecular flexibility index (Phi) is 2.52. The van der Waals surface area contributed by atoms with Crippen molar-refractivity contribution in [3.8, 4) is 0 Å². The van der Waals surface area contributed by atoms with Gasteiger partial charge in [0.25, 0.3) is 5.56 Å². The van der Waals surface area contributed by atoms with E-state index in [1.807, 2.05) is 12.3 Å². The van der Waals surface area contributed by atoms with E-state index >= 15 is 0 Å². The lowest BCUT2D eigenvalue weighted by Gasteiger charge is -2.31. The van der Waals surface area contributed by atoms with Crippen LogP contribution in [-0.4, -0.2) is 27.9 Å². The average molecular weight is 231 g/mol. The van der Waals surface area contributed by atoms with E-state index in [0.717, 1.165) is 24.3 Å². The molecule has 90 valence electrons. The summed E-state index contributed by atoms with van der Waals surface area (Å²) in [7, 11) is 2.15. The molecule has 3 heterocycles. The van der Waals surface area contributed by atoms with Crippen LogP contribution in [0, 0.1) is 0 Å². The second kappa shape index (κ2) is 4.04. The Morgan fingerprint density at radius 1 is 1.35 bits per heavy atom. The zero-order valence-corrected chi connectivity index (χ0v) is 10.0. The second-order valence-electron chi connectivity index (χ2n) is 4.82. The fraction of sp³-hybridized carbons (Fsp3) is 0.462. The molecule has 1 atom stereocenters. The van der Waals surface area contributed by atoms with Gasteiger partial charge in [-0.25, -0.2) is 0 Å². The quantitative estimate of drug-likeness (QED) is 0.812. The number of imidazole rings is 1. The normalized spacial score (nSPS) is 22.1. The van der Waals surface area contributed by atoms with Crippen LogP contribution in [0.5, 0.6) is 0 Å². The number of piperidine rings is 1. The van der Waals surface area contributed by atoms with Crippen molar-refractivity contribution in [3.05, 3.63) is 40.4 Å². The highest BCUT2D eigenvalue weighted by atomic mass is 16.1. The molecule has 1 saturated heterocycles. The van der Waals surface area contributed by atoms with E-state index in [-0.39, 0.29) is 5.56 Å². The third-order valence-electron chi connectivity index (χ3n) is 3.66. The maximum atomic E-state index is 11.7. The third-order valence-corrected chi connectivity index (χ3v) is 3.66. The fourth-order valence-corrected chi connectivity index (χ4v) is 2.69. The zero-order valence-electron chi connectivity index (χ0n) is 10.0. The molecule has 0 radical (unpaired) electrons. The van der Waals surface area contributed by atoms with Gasteiger partial charge in [0, 0.05) is 12.3 Å². The fourth-order valence-electron chi connectivity index (χ4n) is 2.69. The number of pyridine rings is 1. The molecule has 0 saturated carbocycles. The highest BCUT2D eigenvalue weighted by Crippen LogP contribution is 2.28.